The van der Waals surface area contributed by atoms with Crippen molar-refractivity contribution in [1.29, 1.82) is 0 Å². The van der Waals surface area contributed by atoms with Crippen LogP contribution in [0, 0.1) is 5.92 Å². The topological polar surface area (TPSA) is 32.3 Å². The van der Waals surface area contributed by atoms with Gasteiger partial charge in [0.2, 0.25) is 0 Å². The van der Waals surface area contributed by atoms with Crippen LogP contribution in [0.1, 0.15) is 48.2 Å². The predicted molar refractivity (Wildman–Crippen MR) is 95.0 cm³/mol. The molecular weight excluding hydrogens is 312 g/mol. The van der Waals surface area contributed by atoms with Crippen LogP contribution in [-0.2, 0) is 0 Å². The number of nitrogens with zero attached hydrogens (tertiary/aromatic N) is 1. The van der Waals surface area contributed by atoms with Crippen molar-refractivity contribution < 1.29 is 4.79 Å². The minimum atomic E-state index is 0.119. The number of nitrogens with one attached hydrogen (secondary N) is 1. The number of rotatable bonds is 5. The lowest BCUT2D eigenvalue weighted by molar-refractivity contribution is 0.0907. The molecule has 1 saturated heterocycles. The fourth-order valence-electron chi connectivity index (χ4n) is 3.69. The van der Waals surface area contributed by atoms with Gasteiger partial charge in [0.25, 0.3) is 5.91 Å². The second kappa shape index (κ2) is 7.84. The van der Waals surface area contributed by atoms with E-state index in [9.17, 15) is 4.79 Å². The first-order chi connectivity index (χ1) is 10.8. The largest absolute Gasteiger partial charge is 0.348 e. The molecule has 1 aromatic rings. The maximum absolute atomic E-state index is 12.4. The van der Waals surface area contributed by atoms with E-state index < -0.39 is 0 Å². The number of thioether (sulfide) groups is 1. The highest BCUT2D eigenvalue weighted by molar-refractivity contribution is 7.98. The van der Waals surface area contributed by atoms with E-state index in [4.69, 9.17) is 0 Å². The Kier molecular flexibility index (Phi) is 5.83. The van der Waals surface area contributed by atoms with Gasteiger partial charge in [-0.3, -0.25) is 4.79 Å². The highest BCUT2D eigenvalue weighted by Gasteiger charge is 2.25. The molecule has 1 N–H and O–H groups in total. The van der Waals surface area contributed by atoms with Crippen LogP contribution in [-0.4, -0.2) is 42.7 Å². The average molecular weight is 339 g/mol. The summed E-state index contributed by atoms with van der Waals surface area (Å²) in [6, 6.07) is 2.39. The molecule has 0 bridgehead atoms. The van der Waals surface area contributed by atoms with Gasteiger partial charge in [0.15, 0.2) is 0 Å². The van der Waals surface area contributed by atoms with Crippen molar-refractivity contribution in [2.45, 2.75) is 49.5 Å². The zero-order valence-corrected chi connectivity index (χ0v) is 15.0. The van der Waals surface area contributed by atoms with Crippen LogP contribution in [0.15, 0.2) is 16.3 Å². The highest BCUT2D eigenvalue weighted by Crippen LogP contribution is 2.27. The first-order valence-electron chi connectivity index (χ1n) is 8.41. The van der Waals surface area contributed by atoms with Gasteiger partial charge in [-0.2, -0.15) is 0 Å². The number of carbonyl (C=O) groups is 1. The summed E-state index contributed by atoms with van der Waals surface area (Å²) in [6.45, 7) is 3.56. The van der Waals surface area contributed by atoms with Gasteiger partial charge in [-0.1, -0.05) is 12.8 Å². The Morgan fingerprint density at radius 1 is 1.32 bits per heavy atom. The average Bonchev–Trinajstić information content (AvgIpc) is 3.20. The maximum atomic E-state index is 12.4. The molecule has 3 rings (SSSR count). The molecule has 2 heterocycles. The molecule has 1 aliphatic carbocycles. The Bertz CT molecular complexity index is 489. The van der Waals surface area contributed by atoms with Gasteiger partial charge in [0.1, 0.15) is 4.88 Å². The van der Waals surface area contributed by atoms with E-state index >= 15 is 0 Å². The van der Waals surface area contributed by atoms with E-state index in [-0.39, 0.29) is 5.91 Å². The second-order valence-corrected chi connectivity index (χ2v) is 8.28. The van der Waals surface area contributed by atoms with Crippen molar-refractivity contribution in [1.82, 2.24) is 10.2 Å². The third kappa shape index (κ3) is 4.06. The number of hydrogen-bond acceptors (Lipinski definition) is 4. The van der Waals surface area contributed by atoms with E-state index in [0.29, 0.717) is 6.04 Å². The number of likely N-dealkylation sites (tertiary alicyclic amines) is 1. The number of piperidine rings is 1. The minimum Gasteiger partial charge on any atom is -0.348 e. The fourth-order valence-corrected chi connectivity index (χ4v) is 5.35. The molecule has 0 aromatic carbocycles. The van der Waals surface area contributed by atoms with Crippen molar-refractivity contribution in [2.24, 2.45) is 5.92 Å². The number of thiophene rings is 1. The predicted octanol–water partition coefficient (Wildman–Crippen LogP) is 3.85. The molecule has 1 saturated carbocycles. The van der Waals surface area contributed by atoms with Gasteiger partial charge in [0, 0.05) is 30.6 Å². The zero-order valence-electron chi connectivity index (χ0n) is 13.3. The summed E-state index contributed by atoms with van der Waals surface area (Å²) in [5.74, 6) is 1.05. The van der Waals surface area contributed by atoms with Gasteiger partial charge in [-0.15, -0.1) is 23.1 Å². The van der Waals surface area contributed by atoms with E-state index in [1.165, 1.54) is 32.2 Å². The third-order valence-corrected chi connectivity index (χ3v) is 6.79. The van der Waals surface area contributed by atoms with Crippen molar-refractivity contribution in [3.63, 3.8) is 0 Å². The Morgan fingerprint density at radius 2 is 2.05 bits per heavy atom. The van der Waals surface area contributed by atoms with Crippen molar-refractivity contribution in [3.8, 4) is 0 Å². The summed E-state index contributed by atoms with van der Waals surface area (Å²) in [5.41, 5.74) is 0. The lowest BCUT2D eigenvalue weighted by atomic mass is 10.0. The van der Waals surface area contributed by atoms with Crippen LogP contribution < -0.4 is 5.32 Å². The van der Waals surface area contributed by atoms with Crippen LogP contribution in [0.25, 0.3) is 0 Å². The molecule has 0 unspecified atom stereocenters. The summed E-state index contributed by atoms with van der Waals surface area (Å²) in [7, 11) is 0. The molecule has 3 nitrogen and oxygen atoms in total. The maximum Gasteiger partial charge on any atom is 0.262 e. The van der Waals surface area contributed by atoms with Gasteiger partial charge in [-0.25, -0.2) is 0 Å². The smallest absolute Gasteiger partial charge is 0.262 e. The summed E-state index contributed by atoms with van der Waals surface area (Å²) < 4.78 is 0. The molecule has 2 aliphatic rings. The summed E-state index contributed by atoms with van der Waals surface area (Å²) in [6.07, 6.45) is 9.92. The Labute approximate surface area is 141 Å². The molecule has 0 radical (unpaired) electrons. The van der Waals surface area contributed by atoms with Crippen LogP contribution in [0.5, 0.6) is 0 Å². The third-order valence-electron chi connectivity index (χ3n) is 4.97. The lowest BCUT2D eigenvalue weighted by Gasteiger charge is -2.33. The molecule has 0 spiro atoms. The molecule has 1 aromatic heterocycles. The molecule has 2 fully saturated rings. The highest BCUT2D eigenvalue weighted by atomic mass is 32.2. The number of carbonyl (C=O) groups excluding carboxylic acids is 1. The summed E-state index contributed by atoms with van der Waals surface area (Å²) >= 11 is 3.20. The van der Waals surface area contributed by atoms with E-state index in [2.05, 4.69) is 10.2 Å². The molecule has 1 aliphatic heterocycles. The van der Waals surface area contributed by atoms with Crippen LogP contribution in [0.4, 0.5) is 0 Å². The van der Waals surface area contributed by atoms with Crippen LogP contribution in [0.3, 0.4) is 0 Å². The number of amides is 1. The standard InChI is InChI=1S/C17H26N2OS2/c1-21-15-8-11-22-16(15)17(20)18-14-6-9-19(10-7-14)12-13-4-2-3-5-13/h8,11,13-14H,2-7,9-10,12H2,1H3,(H,18,20). The molecule has 0 atom stereocenters. The van der Waals surface area contributed by atoms with Gasteiger partial charge >= 0.3 is 0 Å². The Balaban J connectivity index is 1.44. The van der Waals surface area contributed by atoms with E-state index in [1.807, 2.05) is 17.7 Å². The quantitative estimate of drug-likeness (QED) is 0.828. The lowest BCUT2D eigenvalue weighted by Crippen LogP contribution is -2.45. The summed E-state index contributed by atoms with van der Waals surface area (Å²) in [4.78, 5) is 17.0. The van der Waals surface area contributed by atoms with Crippen LogP contribution in [0.2, 0.25) is 0 Å². The van der Waals surface area contributed by atoms with Crippen molar-refractivity contribution in [3.05, 3.63) is 16.3 Å². The first-order valence-corrected chi connectivity index (χ1v) is 10.5. The Morgan fingerprint density at radius 3 is 2.73 bits per heavy atom. The van der Waals surface area contributed by atoms with Gasteiger partial charge in [-0.05, 0) is 49.3 Å². The SMILES string of the molecule is CSc1ccsc1C(=O)NC1CCN(CC2CCCC2)CC1. The minimum absolute atomic E-state index is 0.119. The summed E-state index contributed by atoms with van der Waals surface area (Å²) in [5, 5.41) is 5.25. The molecule has 1 amide bonds. The van der Waals surface area contributed by atoms with Crippen LogP contribution >= 0.6 is 23.1 Å². The molecule has 5 heteroatoms. The molecular formula is C17H26N2OS2. The van der Waals surface area contributed by atoms with Gasteiger partial charge < -0.3 is 10.2 Å². The van der Waals surface area contributed by atoms with Gasteiger partial charge in [0.05, 0.1) is 0 Å². The van der Waals surface area contributed by atoms with E-state index in [0.717, 1.165) is 41.6 Å². The first kappa shape index (κ1) is 16.3. The van der Waals surface area contributed by atoms with E-state index in [1.54, 1.807) is 23.1 Å². The molecule has 122 valence electrons. The van der Waals surface area contributed by atoms with Crippen molar-refractivity contribution in [2.75, 3.05) is 25.9 Å². The number of hydrogen-bond donors (Lipinski definition) is 1. The van der Waals surface area contributed by atoms with Crippen molar-refractivity contribution >= 4 is 29.0 Å². The second-order valence-electron chi connectivity index (χ2n) is 6.52. The zero-order chi connectivity index (χ0) is 15.4. The normalized spacial score (nSPS) is 21.3. The monoisotopic (exact) mass is 338 g/mol. The molecule has 22 heavy (non-hydrogen) atoms. The fraction of sp³-hybridized carbons (Fsp3) is 0.706. The Hall–Kier alpha value is -0.520.